The molecular weight excluding hydrogens is 266 g/mol. The van der Waals surface area contributed by atoms with Crippen molar-refractivity contribution in [3.63, 3.8) is 0 Å². The average molecular weight is 279 g/mol. The molecule has 0 aliphatic rings. The van der Waals surface area contributed by atoms with Crippen LogP contribution in [0.1, 0.15) is 10.4 Å². The van der Waals surface area contributed by atoms with Crippen LogP contribution in [0.2, 0.25) is 5.02 Å². The molecule has 0 saturated heterocycles. The van der Waals surface area contributed by atoms with Gasteiger partial charge in [-0.15, -0.1) is 0 Å². The summed E-state index contributed by atoms with van der Waals surface area (Å²) in [5, 5.41) is 2.48. The lowest BCUT2D eigenvalue weighted by atomic mass is 10.2. The molecule has 0 saturated carbocycles. The summed E-state index contributed by atoms with van der Waals surface area (Å²) < 4.78 is 30.7. The van der Waals surface area contributed by atoms with E-state index in [1.807, 2.05) is 0 Å². The molecule has 1 rings (SSSR count). The number of halogens is 3. The minimum atomic E-state index is -3.13. The summed E-state index contributed by atoms with van der Waals surface area (Å²) in [5.41, 5.74) is 5.00. The van der Waals surface area contributed by atoms with Crippen molar-refractivity contribution in [2.45, 2.75) is 5.92 Å². The Kier molecular flexibility index (Phi) is 4.86. The predicted octanol–water partition coefficient (Wildman–Crippen LogP) is 1.67. The van der Waals surface area contributed by atoms with Crippen molar-refractivity contribution in [1.82, 2.24) is 5.32 Å². The normalized spacial score (nSPS) is 11.2. The molecule has 1 aromatic rings. The Bertz CT molecular complexity index is 441. The van der Waals surface area contributed by atoms with Crippen LogP contribution < -0.4 is 15.8 Å². The van der Waals surface area contributed by atoms with Crippen molar-refractivity contribution in [1.29, 1.82) is 0 Å². The highest BCUT2D eigenvalue weighted by atomic mass is 35.5. The van der Waals surface area contributed by atoms with E-state index in [1.165, 1.54) is 25.3 Å². The van der Waals surface area contributed by atoms with Crippen LogP contribution in [0.15, 0.2) is 18.2 Å². The third kappa shape index (κ3) is 3.82. The van der Waals surface area contributed by atoms with Crippen LogP contribution >= 0.6 is 11.6 Å². The van der Waals surface area contributed by atoms with Crippen LogP contribution in [0, 0.1) is 0 Å². The molecule has 0 atom stereocenters. The second kappa shape index (κ2) is 5.97. The number of hydrogen-bond donors (Lipinski definition) is 2. The van der Waals surface area contributed by atoms with Crippen molar-refractivity contribution in [2.75, 3.05) is 20.2 Å². The number of benzene rings is 1. The van der Waals surface area contributed by atoms with Crippen molar-refractivity contribution in [2.24, 2.45) is 5.73 Å². The number of ether oxygens (including phenoxy) is 1. The summed E-state index contributed by atoms with van der Waals surface area (Å²) in [6.07, 6.45) is 0. The van der Waals surface area contributed by atoms with Gasteiger partial charge in [0.1, 0.15) is 5.75 Å². The first-order valence-corrected chi connectivity index (χ1v) is 5.47. The van der Waals surface area contributed by atoms with E-state index in [0.29, 0.717) is 5.02 Å². The number of amides is 1. The fourth-order valence-corrected chi connectivity index (χ4v) is 1.39. The number of hydrogen-bond acceptors (Lipinski definition) is 3. The number of nitrogens with two attached hydrogens (primary N) is 1. The molecule has 4 nitrogen and oxygen atoms in total. The van der Waals surface area contributed by atoms with Gasteiger partial charge in [-0.3, -0.25) is 4.79 Å². The molecule has 1 amide bonds. The highest BCUT2D eigenvalue weighted by Crippen LogP contribution is 2.23. The SMILES string of the molecule is COc1cc(Cl)ccc1C(=O)NCC(F)(F)CN. The molecule has 7 heteroatoms. The first kappa shape index (κ1) is 14.7. The molecule has 1 aromatic carbocycles. The Hall–Kier alpha value is -1.40. The molecule has 0 aliphatic carbocycles. The van der Waals surface area contributed by atoms with Crippen LogP contribution in [-0.2, 0) is 0 Å². The van der Waals surface area contributed by atoms with E-state index in [2.05, 4.69) is 5.32 Å². The van der Waals surface area contributed by atoms with Gasteiger partial charge in [0.2, 0.25) is 0 Å². The maximum atomic E-state index is 12.9. The zero-order chi connectivity index (χ0) is 13.8. The Morgan fingerprint density at radius 3 is 2.78 bits per heavy atom. The largest absolute Gasteiger partial charge is 0.496 e. The van der Waals surface area contributed by atoms with Gasteiger partial charge in [-0.1, -0.05) is 11.6 Å². The van der Waals surface area contributed by atoms with Crippen LogP contribution in [0.3, 0.4) is 0 Å². The van der Waals surface area contributed by atoms with Gasteiger partial charge in [0, 0.05) is 5.02 Å². The minimum Gasteiger partial charge on any atom is -0.496 e. The van der Waals surface area contributed by atoms with E-state index < -0.39 is 24.9 Å². The van der Waals surface area contributed by atoms with Crippen LogP contribution in [0.25, 0.3) is 0 Å². The van der Waals surface area contributed by atoms with Crippen molar-refractivity contribution in [3.8, 4) is 5.75 Å². The molecule has 0 unspecified atom stereocenters. The van der Waals surface area contributed by atoms with Gasteiger partial charge in [-0.25, -0.2) is 8.78 Å². The molecule has 0 fully saturated rings. The quantitative estimate of drug-likeness (QED) is 0.861. The maximum absolute atomic E-state index is 12.9. The number of rotatable bonds is 5. The summed E-state index contributed by atoms with van der Waals surface area (Å²) in [6, 6.07) is 4.30. The van der Waals surface area contributed by atoms with E-state index >= 15 is 0 Å². The Labute approximate surface area is 108 Å². The topological polar surface area (TPSA) is 64.3 Å². The molecule has 0 radical (unpaired) electrons. The van der Waals surface area contributed by atoms with Crippen LogP contribution in [0.5, 0.6) is 5.75 Å². The smallest absolute Gasteiger partial charge is 0.277 e. The second-order valence-electron chi connectivity index (χ2n) is 3.59. The third-order valence-corrected chi connectivity index (χ3v) is 2.45. The van der Waals surface area contributed by atoms with Gasteiger partial charge in [0.15, 0.2) is 0 Å². The molecule has 3 N–H and O–H groups in total. The standard InChI is InChI=1S/C11H13ClF2N2O2/c1-18-9-4-7(12)2-3-8(9)10(17)16-6-11(13,14)5-15/h2-4H,5-6,15H2,1H3,(H,16,17). The maximum Gasteiger partial charge on any atom is 0.277 e. The van der Waals surface area contributed by atoms with Gasteiger partial charge in [-0.2, -0.15) is 0 Å². The third-order valence-electron chi connectivity index (χ3n) is 2.21. The fourth-order valence-electron chi connectivity index (χ4n) is 1.23. The minimum absolute atomic E-state index is 0.134. The highest BCUT2D eigenvalue weighted by molar-refractivity contribution is 6.30. The summed E-state index contributed by atoms with van der Waals surface area (Å²) >= 11 is 5.72. The monoisotopic (exact) mass is 278 g/mol. The average Bonchev–Trinajstić information content (AvgIpc) is 2.36. The van der Waals surface area contributed by atoms with Crippen LogP contribution in [-0.4, -0.2) is 32.0 Å². The lowest BCUT2D eigenvalue weighted by Crippen LogP contribution is -2.41. The highest BCUT2D eigenvalue weighted by Gasteiger charge is 2.27. The molecule has 0 aliphatic heterocycles. The molecule has 18 heavy (non-hydrogen) atoms. The lowest BCUT2D eigenvalue weighted by molar-refractivity contribution is 0.0118. The van der Waals surface area contributed by atoms with E-state index in [1.54, 1.807) is 0 Å². The van der Waals surface area contributed by atoms with Gasteiger partial charge in [-0.05, 0) is 18.2 Å². The second-order valence-corrected chi connectivity index (χ2v) is 4.02. The fraction of sp³-hybridized carbons (Fsp3) is 0.364. The van der Waals surface area contributed by atoms with Gasteiger partial charge < -0.3 is 15.8 Å². The Morgan fingerprint density at radius 2 is 2.22 bits per heavy atom. The van der Waals surface area contributed by atoms with E-state index in [0.717, 1.165) is 0 Å². The summed E-state index contributed by atoms with van der Waals surface area (Å²) in [4.78, 5) is 11.7. The Morgan fingerprint density at radius 1 is 1.56 bits per heavy atom. The van der Waals surface area contributed by atoms with Crippen molar-refractivity contribution in [3.05, 3.63) is 28.8 Å². The van der Waals surface area contributed by atoms with E-state index in [4.69, 9.17) is 22.1 Å². The summed E-state index contributed by atoms with van der Waals surface area (Å²) in [7, 11) is 1.36. The van der Waals surface area contributed by atoms with Crippen molar-refractivity contribution >= 4 is 17.5 Å². The number of alkyl halides is 2. The zero-order valence-electron chi connectivity index (χ0n) is 9.67. The van der Waals surface area contributed by atoms with Crippen molar-refractivity contribution < 1.29 is 18.3 Å². The predicted molar refractivity (Wildman–Crippen MR) is 64.3 cm³/mol. The van der Waals surface area contributed by atoms with Gasteiger partial charge in [0.25, 0.3) is 11.8 Å². The molecule has 0 aromatic heterocycles. The Balaban J connectivity index is 2.79. The molecule has 100 valence electrons. The van der Waals surface area contributed by atoms with Gasteiger partial charge >= 0.3 is 0 Å². The molecular formula is C11H13ClF2N2O2. The number of carbonyl (C=O) groups excluding carboxylic acids is 1. The first-order valence-electron chi connectivity index (χ1n) is 5.09. The summed E-state index contributed by atoms with van der Waals surface area (Å²) in [5.74, 6) is -3.58. The molecule has 0 bridgehead atoms. The molecule has 0 spiro atoms. The van der Waals surface area contributed by atoms with Gasteiger partial charge in [0.05, 0.1) is 25.8 Å². The summed E-state index contributed by atoms with van der Waals surface area (Å²) in [6.45, 7) is -1.65. The lowest BCUT2D eigenvalue weighted by Gasteiger charge is -2.15. The zero-order valence-corrected chi connectivity index (χ0v) is 10.4. The van der Waals surface area contributed by atoms with E-state index in [9.17, 15) is 13.6 Å². The number of methoxy groups -OCH3 is 1. The van der Waals surface area contributed by atoms with E-state index in [-0.39, 0.29) is 11.3 Å². The number of carbonyl (C=O) groups is 1. The number of nitrogens with one attached hydrogen (secondary N) is 1. The first-order chi connectivity index (χ1) is 8.39. The van der Waals surface area contributed by atoms with Crippen LogP contribution in [0.4, 0.5) is 8.78 Å². The molecule has 0 heterocycles.